The summed E-state index contributed by atoms with van der Waals surface area (Å²) in [5.74, 6) is 2.25. The van der Waals surface area contributed by atoms with Crippen molar-refractivity contribution in [2.75, 3.05) is 13.1 Å². The third-order valence-electron chi connectivity index (χ3n) is 4.07. The molecule has 5 nitrogen and oxygen atoms in total. The zero-order valence-electron chi connectivity index (χ0n) is 11.4. The van der Waals surface area contributed by atoms with Gasteiger partial charge in [-0.3, -0.25) is 4.90 Å². The molecule has 1 aliphatic carbocycles. The Bertz CT molecular complexity index is 415. The van der Waals surface area contributed by atoms with Crippen LogP contribution in [0.1, 0.15) is 57.3 Å². The predicted octanol–water partition coefficient (Wildman–Crippen LogP) is 1.69. The average Bonchev–Trinajstić information content (AvgIpc) is 3.09. The molecular weight excluding hydrogens is 228 g/mol. The molecular formula is C13H22N4O. The number of nitrogens with zero attached hydrogens (tertiary/aromatic N) is 3. The molecule has 1 aliphatic heterocycles. The van der Waals surface area contributed by atoms with Crippen LogP contribution in [0.25, 0.3) is 0 Å². The molecule has 2 aliphatic rings. The Morgan fingerprint density at radius 3 is 2.89 bits per heavy atom. The maximum absolute atomic E-state index is 5.44. The van der Waals surface area contributed by atoms with Crippen molar-refractivity contribution in [3.05, 3.63) is 11.7 Å². The van der Waals surface area contributed by atoms with Crippen LogP contribution in [-0.2, 0) is 0 Å². The van der Waals surface area contributed by atoms with Crippen molar-refractivity contribution in [1.29, 1.82) is 0 Å². The zero-order chi connectivity index (χ0) is 12.7. The smallest absolute Gasteiger partial charge is 0.243 e. The van der Waals surface area contributed by atoms with Gasteiger partial charge in [0.05, 0.1) is 6.04 Å². The third kappa shape index (κ3) is 2.29. The second-order valence-electron chi connectivity index (χ2n) is 5.80. The molecule has 5 heteroatoms. The van der Waals surface area contributed by atoms with Gasteiger partial charge in [0.2, 0.25) is 5.89 Å². The highest BCUT2D eigenvalue weighted by Crippen LogP contribution is 2.38. The van der Waals surface area contributed by atoms with Crippen molar-refractivity contribution in [3.63, 3.8) is 0 Å². The fraction of sp³-hybridized carbons (Fsp3) is 0.846. The summed E-state index contributed by atoms with van der Waals surface area (Å²) in [4.78, 5) is 7.02. The molecule has 1 saturated carbocycles. The quantitative estimate of drug-likeness (QED) is 0.884. The second kappa shape index (κ2) is 4.63. The van der Waals surface area contributed by atoms with Gasteiger partial charge in [0.15, 0.2) is 5.82 Å². The van der Waals surface area contributed by atoms with Crippen LogP contribution in [-0.4, -0.2) is 40.2 Å². The Hall–Kier alpha value is -0.940. The molecule has 1 saturated heterocycles. The van der Waals surface area contributed by atoms with Crippen LogP contribution in [0.3, 0.4) is 0 Å². The third-order valence-corrected chi connectivity index (χ3v) is 4.07. The Kier molecular flexibility index (Phi) is 3.11. The lowest BCUT2D eigenvalue weighted by molar-refractivity contribution is 0.0853. The van der Waals surface area contributed by atoms with E-state index in [0.29, 0.717) is 18.0 Å². The number of hydrogen-bond donors (Lipinski definition) is 1. The van der Waals surface area contributed by atoms with E-state index in [4.69, 9.17) is 4.52 Å². The average molecular weight is 250 g/mol. The topological polar surface area (TPSA) is 54.2 Å². The molecule has 0 bridgehead atoms. The highest BCUT2D eigenvalue weighted by molar-refractivity contribution is 5.05. The molecule has 1 aromatic heterocycles. The minimum atomic E-state index is 0.213. The normalized spacial score (nSPS) is 31.5. The van der Waals surface area contributed by atoms with Gasteiger partial charge in [-0.15, -0.1) is 0 Å². The Morgan fingerprint density at radius 1 is 1.39 bits per heavy atom. The van der Waals surface area contributed by atoms with E-state index in [9.17, 15) is 0 Å². The van der Waals surface area contributed by atoms with E-state index < -0.39 is 0 Å². The van der Waals surface area contributed by atoms with Crippen molar-refractivity contribution in [1.82, 2.24) is 20.4 Å². The molecule has 2 fully saturated rings. The van der Waals surface area contributed by atoms with Gasteiger partial charge >= 0.3 is 0 Å². The van der Waals surface area contributed by atoms with E-state index in [-0.39, 0.29) is 6.04 Å². The lowest BCUT2D eigenvalue weighted by atomic mass is 10.1. The van der Waals surface area contributed by atoms with Crippen LogP contribution in [0.5, 0.6) is 0 Å². The van der Waals surface area contributed by atoms with Crippen molar-refractivity contribution in [2.24, 2.45) is 0 Å². The summed E-state index contributed by atoms with van der Waals surface area (Å²) in [6, 6.07) is 1.24. The van der Waals surface area contributed by atoms with Gasteiger partial charge in [-0.1, -0.05) is 5.16 Å². The van der Waals surface area contributed by atoms with Crippen molar-refractivity contribution >= 4 is 0 Å². The zero-order valence-corrected chi connectivity index (χ0v) is 11.4. The summed E-state index contributed by atoms with van der Waals surface area (Å²) in [6.07, 6.45) is 2.43. The molecule has 0 radical (unpaired) electrons. The number of rotatable bonds is 3. The van der Waals surface area contributed by atoms with Gasteiger partial charge in [-0.25, -0.2) is 0 Å². The Labute approximate surface area is 108 Å². The van der Waals surface area contributed by atoms with Crippen LogP contribution in [0, 0.1) is 0 Å². The summed E-state index contributed by atoms with van der Waals surface area (Å²) in [5, 5.41) is 7.60. The first-order valence-corrected chi connectivity index (χ1v) is 6.97. The van der Waals surface area contributed by atoms with E-state index in [1.807, 2.05) is 0 Å². The summed E-state index contributed by atoms with van der Waals surface area (Å²) < 4.78 is 5.44. The van der Waals surface area contributed by atoms with Crippen molar-refractivity contribution < 1.29 is 4.52 Å². The lowest BCUT2D eigenvalue weighted by Crippen LogP contribution is -2.54. The van der Waals surface area contributed by atoms with Gasteiger partial charge in [0.1, 0.15) is 0 Å². The first-order valence-electron chi connectivity index (χ1n) is 6.97. The summed E-state index contributed by atoms with van der Waals surface area (Å²) in [6.45, 7) is 8.68. The van der Waals surface area contributed by atoms with Crippen LogP contribution in [0.4, 0.5) is 0 Å². The van der Waals surface area contributed by atoms with Crippen molar-refractivity contribution in [3.8, 4) is 0 Å². The molecule has 2 heterocycles. The van der Waals surface area contributed by atoms with E-state index in [1.54, 1.807) is 0 Å². The van der Waals surface area contributed by atoms with Gasteiger partial charge in [-0.05, 0) is 33.6 Å². The van der Waals surface area contributed by atoms with Crippen LogP contribution in [0.15, 0.2) is 4.52 Å². The number of nitrogens with one attached hydrogen (secondary N) is 1. The highest BCUT2D eigenvalue weighted by Gasteiger charge is 2.33. The van der Waals surface area contributed by atoms with E-state index in [2.05, 4.69) is 41.1 Å². The number of hydrogen-bond acceptors (Lipinski definition) is 5. The summed E-state index contributed by atoms with van der Waals surface area (Å²) in [5.41, 5.74) is 0. The number of aromatic nitrogens is 2. The minimum Gasteiger partial charge on any atom is -0.338 e. The molecule has 3 rings (SSSR count). The lowest BCUT2D eigenvalue weighted by Gasteiger charge is -2.39. The molecule has 1 aromatic rings. The summed E-state index contributed by atoms with van der Waals surface area (Å²) >= 11 is 0. The van der Waals surface area contributed by atoms with E-state index >= 15 is 0 Å². The fourth-order valence-corrected chi connectivity index (χ4v) is 2.66. The van der Waals surface area contributed by atoms with E-state index in [1.165, 1.54) is 12.8 Å². The Balaban J connectivity index is 1.73. The van der Waals surface area contributed by atoms with Crippen LogP contribution < -0.4 is 5.32 Å². The van der Waals surface area contributed by atoms with Crippen molar-refractivity contribution in [2.45, 2.75) is 57.7 Å². The van der Waals surface area contributed by atoms with Gasteiger partial charge in [0.25, 0.3) is 0 Å². The molecule has 3 atom stereocenters. The fourth-order valence-electron chi connectivity index (χ4n) is 2.66. The molecule has 0 aromatic carbocycles. The van der Waals surface area contributed by atoms with Gasteiger partial charge < -0.3 is 9.84 Å². The first-order chi connectivity index (χ1) is 8.65. The second-order valence-corrected chi connectivity index (χ2v) is 5.80. The molecule has 100 valence electrons. The molecule has 0 spiro atoms. The first kappa shape index (κ1) is 12.1. The standard InChI is InChI=1S/C13H22N4O/c1-8-7-17(9(2)6-14-8)10(3)13-15-12(16-18-13)11-4-5-11/h8-11,14H,4-7H2,1-3H3/t8-,9+,10?/m0/s1. The SMILES string of the molecule is CC(c1nc(C2CC2)no1)N1C[C@H](C)NC[C@H]1C. The van der Waals surface area contributed by atoms with E-state index in [0.717, 1.165) is 24.8 Å². The maximum atomic E-state index is 5.44. The molecule has 0 amide bonds. The maximum Gasteiger partial charge on any atom is 0.243 e. The predicted molar refractivity (Wildman–Crippen MR) is 68.3 cm³/mol. The van der Waals surface area contributed by atoms with Crippen LogP contribution in [0.2, 0.25) is 0 Å². The Morgan fingerprint density at radius 2 is 2.17 bits per heavy atom. The molecule has 1 unspecified atom stereocenters. The highest BCUT2D eigenvalue weighted by atomic mass is 16.5. The summed E-state index contributed by atoms with van der Waals surface area (Å²) in [7, 11) is 0. The largest absolute Gasteiger partial charge is 0.338 e. The van der Waals surface area contributed by atoms with Crippen LogP contribution >= 0.6 is 0 Å². The molecule has 1 N–H and O–H groups in total. The van der Waals surface area contributed by atoms with Gasteiger partial charge in [0, 0.05) is 31.1 Å². The monoisotopic (exact) mass is 250 g/mol. The molecule has 18 heavy (non-hydrogen) atoms. The minimum absolute atomic E-state index is 0.213. The van der Waals surface area contributed by atoms with Gasteiger partial charge in [-0.2, -0.15) is 4.98 Å². The number of piperazine rings is 1.